The Kier molecular flexibility index (Phi) is 4.59. The fourth-order valence-corrected chi connectivity index (χ4v) is 2.08. The van der Waals surface area contributed by atoms with Gasteiger partial charge in [-0.25, -0.2) is 13.2 Å². The number of hydrogen-bond donors (Lipinski definition) is 0. The second-order valence-corrected chi connectivity index (χ2v) is 5.56. The minimum absolute atomic E-state index is 0.0927. The standard InChI is InChI=1S/C14H7F6IO/c1-6-2-8(15)12(5-11(6)21)22-13-9(16)3-7(4-10(13)17)14(18,19)20/h2-5H,1H3. The first kappa shape index (κ1) is 16.9. The Morgan fingerprint density at radius 3 is 1.95 bits per heavy atom. The van der Waals surface area contributed by atoms with Gasteiger partial charge in [0.25, 0.3) is 0 Å². The van der Waals surface area contributed by atoms with E-state index in [2.05, 4.69) is 0 Å². The molecule has 0 fully saturated rings. The average molecular weight is 432 g/mol. The molecule has 118 valence electrons. The van der Waals surface area contributed by atoms with Crippen molar-refractivity contribution in [3.05, 3.63) is 56.4 Å². The van der Waals surface area contributed by atoms with Gasteiger partial charge in [-0.1, -0.05) is 0 Å². The lowest BCUT2D eigenvalue weighted by Crippen LogP contribution is -2.07. The molecule has 2 rings (SSSR count). The van der Waals surface area contributed by atoms with E-state index in [-0.39, 0.29) is 12.1 Å². The van der Waals surface area contributed by atoms with E-state index in [1.807, 2.05) is 22.6 Å². The molecule has 0 aromatic heterocycles. The number of alkyl halides is 3. The van der Waals surface area contributed by atoms with Gasteiger partial charge < -0.3 is 4.74 Å². The van der Waals surface area contributed by atoms with Crippen molar-refractivity contribution in [3.8, 4) is 11.5 Å². The third-order valence-corrected chi connectivity index (χ3v) is 3.91. The molecular formula is C14H7F6IO. The molecule has 0 spiro atoms. The molecule has 0 unspecified atom stereocenters. The fourth-order valence-electron chi connectivity index (χ4n) is 1.64. The predicted octanol–water partition coefficient (Wildman–Crippen LogP) is 5.83. The normalized spacial score (nSPS) is 11.6. The smallest absolute Gasteiger partial charge is 0.416 e. The van der Waals surface area contributed by atoms with Gasteiger partial charge in [0, 0.05) is 3.57 Å². The largest absolute Gasteiger partial charge is 0.448 e. The Hall–Kier alpha value is -1.45. The Balaban J connectivity index is 2.45. The zero-order valence-corrected chi connectivity index (χ0v) is 13.0. The highest BCUT2D eigenvalue weighted by molar-refractivity contribution is 14.1. The van der Waals surface area contributed by atoms with Crippen molar-refractivity contribution in [2.24, 2.45) is 0 Å². The number of rotatable bonds is 2. The van der Waals surface area contributed by atoms with Crippen LogP contribution in [-0.4, -0.2) is 0 Å². The molecule has 0 amide bonds. The van der Waals surface area contributed by atoms with Crippen LogP contribution in [0.1, 0.15) is 11.1 Å². The topological polar surface area (TPSA) is 9.23 Å². The van der Waals surface area contributed by atoms with Crippen molar-refractivity contribution >= 4 is 22.6 Å². The zero-order valence-electron chi connectivity index (χ0n) is 10.9. The van der Waals surface area contributed by atoms with Gasteiger partial charge in [0.1, 0.15) is 0 Å². The van der Waals surface area contributed by atoms with Crippen LogP contribution in [0, 0.1) is 27.9 Å². The Bertz CT molecular complexity index is 703. The fraction of sp³-hybridized carbons (Fsp3) is 0.143. The first-order valence-electron chi connectivity index (χ1n) is 5.79. The minimum Gasteiger partial charge on any atom is -0.448 e. The molecule has 0 atom stereocenters. The Morgan fingerprint density at radius 2 is 1.45 bits per heavy atom. The molecule has 0 radical (unpaired) electrons. The summed E-state index contributed by atoms with van der Waals surface area (Å²) < 4.78 is 83.6. The van der Waals surface area contributed by atoms with Gasteiger partial charge in [-0.2, -0.15) is 13.2 Å². The maximum Gasteiger partial charge on any atom is 0.416 e. The molecular weight excluding hydrogens is 425 g/mol. The van der Waals surface area contributed by atoms with Gasteiger partial charge >= 0.3 is 6.18 Å². The molecule has 0 saturated heterocycles. The lowest BCUT2D eigenvalue weighted by Gasteiger charge is -2.13. The third-order valence-electron chi connectivity index (χ3n) is 2.75. The molecule has 0 aliphatic heterocycles. The number of aryl methyl sites for hydroxylation is 1. The van der Waals surface area contributed by atoms with Crippen LogP contribution >= 0.6 is 22.6 Å². The van der Waals surface area contributed by atoms with E-state index in [4.69, 9.17) is 4.74 Å². The molecule has 22 heavy (non-hydrogen) atoms. The van der Waals surface area contributed by atoms with Crippen molar-refractivity contribution in [1.82, 2.24) is 0 Å². The van der Waals surface area contributed by atoms with Gasteiger partial charge in [-0.15, -0.1) is 0 Å². The third kappa shape index (κ3) is 3.47. The number of ether oxygens (including phenoxy) is 1. The lowest BCUT2D eigenvalue weighted by atomic mass is 10.2. The summed E-state index contributed by atoms with van der Waals surface area (Å²) in [6.07, 6.45) is -4.90. The minimum atomic E-state index is -4.90. The molecule has 8 heteroatoms. The van der Waals surface area contributed by atoms with Crippen molar-refractivity contribution in [1.29, 1.82) is 0 Å². The van der Waals surface area contributed by atoms with Crippen LogP contribution in [0.3, 0.4) is 0 Å². The predicted molar refractivity (Wildman–Crippen MR) is 75.3 cm³/mol. The van der Waals surface area contributed by atoms with E-state index in [1.54, 1.807) is 6.92 Å². The van der Waals surface area contributed by atoms with Crippen LogP contribution in [0.2, 0.25) is 0 Å². The van der Waals surface area contributed by atoms with E-state index < -0.39 is 40.7 Å². The van der Waals surface area contributed by atoms with Crippen LogP contribution in [0.4, 0.5) is 26.3 Å². The Labute approximate surface area is 135 Å². The van der Waals surface area contributed by atoms with Gasteiger partial charge in [0.2, 0.25) is 0 Å². The quantitative estimate of drug-likeness (QED) is 0.429. The van der Waals surface area contributed by atoms with Gasteiger partial charge in [0.15, 0.2) is 29.0 Å². The van der Waals surface area contributed by atoms with Crippen molar-refractivity contribution in [2.45, 2.75) is 13.1 Å². The zero-order chi connectivity index (χ0) is 16.7. The second kappa shape index (κ2) is 5.98. The van der Waals surface area contributed by atoms with E-state index in [1.165, 1.54) is 6.07 Å². The molecule has 0 saturated carbocycles. The molecule has 2 aromatic rings. The van der Waals surface area contributed by atoms with Gasteiger partial charge in [-0.05, 0) is 59.3 Å². The first-order chi connectivity index (χ1) is 10.1. The second-order valence-electron chi connectivity index (χ2n) is 4.40. The molecule has 0 aliphatic rings. The van der Waals surface area contributed by atoms with E-state index >= 15 is 0 Å². The summed E-state index contributed by atoms with van der Waals surface area (Å²) in [4.78, 5) is 0. The molecule has 0 aliphatic carbocycles. The van der Waals surface area contributed by atoms with Crippen molar-refractivity contribution < 1.29 is 31.1 Å². The summed E-state index contributed by atoms with van der Waals surface area (Å²) in [5.74, 6) is -5.58. The summed E-state index contributed by atoms with van der Waals surface area (Å²) in [6.45, 7) is 1.62. The molecule has 0 bridgehead atoms. The highest BCUT2D eigenvalue weighted by atomic mass is 127. The monoisotopic (exact) mass is 432 g/mol. The SMILES string of the molecule is Cc1cc(F)c(Oc2c(F)cc(C(F)(F)F)cc2F)cc1I. The van der Waals surface area contributed by atoms with E-state index in [0.29, 0.717) is 9.13 Å². The lowest BCUT2D eigenvalue weighted by molar-refractivity contribution is -0.138. The molecule has 1 nitrogen and oxygen atoms in total. The summed E-state index contributed by atoms with van der Waals surface area (Å²) in [5, 5.41) is 0. The number of halogens is 7. The molecule has 2 aromatic carbocycles. The van der Waals surface area contributed by atoms with E-state index in [0.717, 1.165) is 6.07 Å². The number of benzene rings is 2. The summed E-state index contributed by atoms with van der Waals surface area (Å²) in [6, 6.07) is 2.48. The van der Waals surface area contributed by atoms with Crippen LogP contribution in [-0.2, 0) is 6.18 Å². The molecule has 0 heterocycles. The maximum absolute atomic E-state index is 13.7. The highest BCUT2D eigenvalue weighted by Gasteiger charge is 2.33. The maximum atomic E-state index is 13.7. The number of hydrogen-bond acceptors (Lipinski definition) is 1. The van der Waals surface area contributed by atoms with Gasteiger partial charge in [0.05, 0.1) is 5.56 Å². The van der Waals surface area contributed by atoms with Crippen molar-refractivity contribution in [2.75, 3.05) is 0 Å². The Morgan fingerprint density at radius 1 is 0.909 bits per heavy atom. The van der Waals surface area contributed by atoms with Crippen LogP contribution in [0.25, 0.3) is 0 Å². The van der Waals surface area contributed by atoms with E-state index in [9.17, 15) is 26.3 Å². The van der Waals surface area contributed by atoms with Crippen molar-refractivity contribution in [3.63, 3.8) is 0 Å². The summed E-state index contributed by atoms with van der Waals surface area (Å²) in [5.41, 5.74) is -0.910. The summed E-state index contributed by atoms with van der Waals surface area (Å²) >= 11 is 1.86. The van der Waals surface area contributed by atoms with Crippen LogP contribution in [0.15, 0.2) is 24.3 Å². The van der Waals surface area contributed by atoms with Crippen LogP contribution < -0.4 is 4.74 Å². The first-order valence-corrected chi connectivity index (χ1v) is 6.87. The highest BCUT2D eigenvalue weighted by Crippen LogP contribution is 2.36. The summed E-state index contributed by atoms with van der Waals surface area (Å²) in [7, 11) is 0. The van der Waals surface area contributed by atoms with Gasteiger partial charge in [-0.3, -0.25) is 0 Å². The molecule has 0 N–H and O–H groups in total. The average Bonchev–Trinajstić information content (AvgIpc) is 2.38. The van der Waals surface area contributed by atoms with Crippen LogP contribution in [0.5, 0.6) is 11.5 Å².